The van der Waals surface area contributed by atoms with Gasteiger partial charge in [-0.15, -0.1) is 0 Å². The number of aliphatic hydroxyl groups excluding tert-OH is 1. The Morgan fingerprint density at radius 2 is 1.94 bits per heavy atom. The number of phenols is 1. The molecule has 0 amide bonds. The topological polar surface area (TPSA) is 107 Å². The Labute approximate surface area is 190 Å². The number of rotatable bonds is 11. The van der Waals surface area contributed by atoms with E-state index < -0.39 is 23.3 Å². The Balaban J connectivity index is 1.83. The zero-order valence-electron chi connectivity index (χ0n) is 19.5. The zero-order chi connectivity index (χ0) is 23.9. The lowest BCUT2D eigenvalue weighted by atomic mass is 9.94. The summed E-state index contributed by atoms with van der Waals surface area (Å²) in [5, 5.41) is 38.7. The molecule has 2 atom stereocenters. The van der Waals surface area contributed by atoms with Gasteiger partial charge in [0, 0.05) is 11.1 Å². The van der Waals surface area contributed by atoms with Gasteiger partial charge in [-0.3, -0.25) is 0 Å². The van der Waals surface area contributed by atoms with Crippen LogP contribution < -0.4 is 4.74 Å². The van der Waals surface area contributed by atoms with Gasteiger partial charge < -0.3 is 25.2 Å². The van der Waals surface area contributed by atoms with Gasteiger partial charge in [-0.05, 0) is 90.5 Å². The molecule has 0 fully saturated rings. The second-order valence-corrected chi connectivity index (χ2v) is 9.34. The molecule has 2 unspecified atom stereocenters. The highest BCUT2D eigenvalue weighted by Crippen LogP contribution is 2.35. The highest BCUT2D eigenvalue weighted by atomic mass is 16.5. The van der Waals surface area contributed by atoms with E-state index in [0.717, 1.165) is 30.6 Å². The summed E-state index contributed by atoms with van der Waals surface area (Å²) in [6.45, 7) is 7.08. The lowest BCUT2D eigenvalue weighted by Gasteiger charge is -2.31. The molecule has 0 saturated carbocycles. The minimum atomic E-state index is -1.25. The van der Waals surface area contributed by atoms with Crippen molar-refractivity contribution < 1.29 is 30.0 Å². The van der Waals surface area contributed by atoms with Gasteiger partial charge in [0.2, 0.25) is 0 Å². The molecule has 1 aromatic carbocycles. The summed E-state index contributed by atoms with van der Waals surface area (Å²) in [5.41, 5.74) is 0.639. The van der Waals surface area contributed by atoms with E-state index in [-0.39, 0.29) is 24.2 Å². The van der Waals surface area contributed by atoms with Crippen LogP contribution >= 0.6 is 0 Å². The van der Waals surface area contributed by atoms with Crippen LogP contribution in [0.15, 0.2) is 47.6 Å². The SMILES string of the molecule is C/C(=C\CCC1(C)C=Cc2cc(O)ccc2O1)CC/C=C(/CCC(O)C(C)(C)O)C(=O)O. The van der Waals surface area contributed by atoms with Gasteiger partial charge in [0.25, 0.3) is 0 Å². The van der Waals surface area contributed by atoms with Gasteiger partial charge in [-0.25, -0.2) is 4.79 Å². The number of allylic oxidation sites excluding steroid dienone is 3. The Morgan fingerprint density at radius 3 is 2.59 bits per heavy atom. The van der Waals surface area contributed by atoms with Crippen LogP contribution in [0.1, 0.15) is 71.8 Å². The molecule has 0 radical (unpaired) electrons. The number of benzene rings is 1. The highest BCUT2D eigenvalue weighted by molar-refractivity contribution is 5.86. The van der Waals surface area contributed by atoms with E-state index in [1.165, 1.54) is 19.4 Å². The predicted octanol–water partition coefficient (Wildman–Crippen LogP) is 4.99. The highest BCUT2D eigenvalue weighted by Gasteiger charge is 2.27. The number of hydrogen-bond donors (Lipinski definition) is 4. The number of phenolic OH excluding ortho intramolecular Hbond substituents is 1. The number of hydrogen-bond acceptors (Lipinski definition) is 5. The van der Waals surface area contributed by atoms with Crippen LogP contribution in [-0.2, 0) is 4.79 Å². The van der Waals surface area contributed by atoms with Crippen molar-refractivity contribution in [2.75, 3.05) is 0 Å². The third-order valence-electron chi connectivity index (χ3n) is 5.79. The average molecular weight is 445 g/mol. The molecule has 0 saturated heterocycles. The molecule has 6 nitrogen and oxygen atoms in total. The number of aliphatic hydroxyl groups is 2. The molecule has 0 bridgehead atoms. The van der Waals surface area contributed by atoms with Gasteiger partial charge in [0.05, 0.1) is 11.7 Å². The molecule has 1 aliphatic heterocycles. The molecule has 1 aliphatic rings. The van der Waals surface area contributed by atoms with Crippen LogP contribution in [0.5, 0.6) is 11.5 Å². The van der Waals surface area contributed by atoms with Crippen molar-refractivity contribution in [2.24, 2.45) is 0 Å². The van der Waals surface area contributed by atoms with E-state index in [1.807, 2.05) is 26.0 Å². The van der Waals surface area contributed by atoms with Crippen molar-refractivity contribution in [3.8, 4) is 11.5 Å². The maximum Gasteiger partial charge on any atom is 0.331 e. The number of aliphatic carboxylic acids is 1. The number of ether oxygens (including phenoxy) is 1. The van der Waals surface area contributed by atoms with Crippen LogP contribution in [0, 0.1) is 0 Å². The Kier molecular flexibility index (Phi) is 8.70. The Hall–Kier alpha value is -2.57. The first-order chi connectivity index (χ1) is 14.9. The predicted molar refractivity (Wildman–Crippen MR) is 126 cm³/mol. The van der Waals surface area contributed by atoms with Gasteiger partial charge in [0.15, 0.2) is 0 Å². The number of carboxylic acid groups (broad SMARTS) is 1. The molecule has 4 N–H and O–H groups in total. The summed E-state index contributed by atoms with van der Waals surface area (Å²) in [7, 11) is 0. The minimum Gasteiger partial charge on any atom is -0.508 e. The van der Waals surface area contributed by atoms with E-state index in [4.69, 9.17) is 4.74 Å². The summed E-state index contributed by atoms with van der Waals surface area (Å²) in [4.78, 5) is 11.5. The van der Waals surface area contributed by atoms with Gasteiger partial charge in [-0.2, -0.15) is 0 Å². The van der Waals surface area contributed by atoms with Crippen molar-refractivity contribution in [1.82, 2.24) is 0 Å². The summed E-state index contributed by atoms with van der Waals surface area (Å²) in [6.07, 6.45) is 10.3. The molecule has 0 aromatic heterocycles. The zero-order valence-corrected chi connectivity index (χ0v) is 19.5. The first-order valence-electron chi connectivity index (χ1n) is 11.1. The molecular formula is C26H36O6. The lowest BCUT2D eigenvalue weighted by molar-refractivity contribution is -0.133. The van der Waals surface area contributed by atoms with E-state index in [1.54, 1.807) is 24.3 Å². The Morgan fingerprint density at radius 1 is 1.22 bits per heavy atom. The van der Waals surface area contributed by atoms with Crippen LogP contribution in [0.2, 0.25) is 0 Å². The maximum absolute atomic E-state index is 11.5. The smallest absolute Gasteiger partial charge is 0.331 e. The van der Waals surface area contributed by atoms with Gasteiger partial charge in [0.1, 0.15) is 17.1 Å². The fraction of sp³-hybridized carbons (Fsp3) is 0.500. The monoisotopic (exact) mass is 444 g/mol. The maximum atomic E-state index is 11.5. The van der Waals surface area contributed by atoms with Crippen LogP contribution in [0.3, 0.4) is 0 Å². The summed E-state index contributed by atoms with van der Waals surface area (Å²) >= 11 is 0. The van der Waals surface area contributed by atoms with Crippen LogP contribution in [0.25, 0.3) is 6.08 Å². The molecule has 2 rings (SSSR count). The standard InChI is InChI=1S/C26H36O6/c1-18(7-5-9-19(24(29)30)10-13-23(28)25(2,3)31)8-6-15-26(4)16-14-20-17-21(27)11-12-22(20)32-26/h8-9,11-12,14,16-17,23,27-28,31H,5-7,10,13,15H2,1-4H3,(H,29,30)/b18-8+,19-9-. The number of carboxylic acids is 1. The fourth-order valence-corrected chi connectivity index (χ4v) is 3.57. The Bertz CT molecular complexity index is 890. The minimum absolute atomic E-state index is 0.200. The molecule has 32 heavy (non-hydrogen) atoms. The summed E-state index contributed by atoms with van der Waals surface area (Å²) < 4.78 is 6.13. The molecule has 1 heterocycles. The number of fused-ring (bicyclic) bond motifs is 1. The normalized spacial score (nSPS) is 19.9. The number of carbonyl (C=O) groups is 1. The first kappa shape index (κ1) is 25.7. The molecule has 6 heteroatoms. The second-order valence-electron chi connectivity index (χ2n) is 9.34. The van der Waals surface area contributed by atoms with Gasteiger partial charge >= 0.3 is 5.97 Å². The van der Waals surface area contributed by atoms with E-state index >= 15 is 0 Å². The van der Waals surface area contributed by atoms with E-state index in [9.17, 15) is 25.2 Å². The number of aromatic hydroxyl groups is 1. The van der Waals surface area contributed by atoms with Crippen molar-refractivity contribution >= 4 is 12.0 Å². The molecular weight excluding hydrogens is 408 g/mol. The van der Waals surface area contributed by atoms with E-state index in [0.29, 0.717) is 6.42 Å². The van der Waals surface area contributed by atoms with E-state index in [2.05, 4.69) is 6.08 Å². The molecule has 176 valence electrons. The largest absolute Gasteiger partial charge is 0.508 e. The van der Waals surface area contributed by atoms with Crippen molar-refractivity contribution in [3.63, 3.8) is 0 Å². The van der Waals surface area contributed by atoms with Crippen molar-refractivity contribution in [2.45, 2.75) is 83.5 Å². The molecule has 0 spiro atoms. The first-order valence-corrected chi connectivity index (χ1v) is 11.1. The fourth-order valence-electron chi connectivity index (χ4n) is 3.57. The second kappa shape index (κ2) is 10.8. The summed E-state index contributed by atoms with van der Waals surface area (Å²) in [6, 6.07) is 5.08. The van der Waals surface area contributed by atoms with Crippen molar-refractivity contribution in [1.29, 1.82) is 0 Å². The third-order valence-corrected chi connectivity index (χ3v) is 5.79. The molecule has 1 aromatic rings. The molecule has 0 aliphatic carbocycles. The summed E-state index contributed by atoms with van der Waals surface area (Å²) in [5.74, 6) is -0.0143. The third kappa shape index (κ3) is 7.84. The average Bonchev–Trinajstić information content (AvgIpc) is 2.69. The van der Waals surface area contributed by atoms with Gasteiger partial charge in [-0.1, -0.05) is 23.8 Å². The quantitative estimate of drug-likeness (QED) is 0.283. The van der Waals surface area contributed by atoms with Crippen LogP contribution in [0.4, 0.5) is 0 Å². The lowest BCUT2D eigenvalue weighted by Crippen LogP contribution is -2.35. The van der Waals surface area contributed by atoms with Crippen molar-refractivity contribution in [3.05, 3.63) is 53.1 Å². The van der Waals surface area contributed by atoms with Crippen LogP contribution in [-0.4, -0.2) is 43.7 Å².